The van der Waals surface area contributed by atoms with Gasteiger partial charge in [0.05, 0.1) is 12.1 Å². The number of halogens is 1. The molecular weight excluding hydrogens is 399 g/mol. The van der Waals surface area contributed by atoms with Gasteiger partial charge >= 0.3 is 0 Å². The Labute approximate surface area is 178 Å². The van der Waals surface area contributed by atoms with Crippen LogP contribution >= 0.6 is 11.3 Å². The number of nitrogens with one attached hydrogen (secondary N) is 1. The largest absolute Gasteiger partial charge is 0.342 e. The Hall–Kier alpha value is -3.32. The maximum Gasteiger partial charge on any atom is 0.226 e. The maximum atomic E-state index is 13.8. The first-order valence-electron chi connectivity index (χ1n) is 9.53. The molecule has 2 heterocycles. The van der Waals surface area contributed by atoms with E-state index in [1.165, 1.54) is 29.0 Å². The standard InChI is InChI=1S/C23H21FN4OS/c1-15-6-8-16(9-7-15)23-26-19(14-30-23)13-20(29)27-21(22-25-10-11-28(22)2)17-4-3-5-18(24)12-17/h3-12,14,21H,13H2,1-2H3,(H,27,29). The van der Waals surface area contributed by atoms with Gasteiger partial charge in [-0.1, -0.05) is 42.0 Å². The van der Waals surface area contributed by atoms with Crippen molar-refractivity contribution in [2.24, 2.45) is 7.05 Å². The van der Waals surface area contributed by atoms with Crippen LogP contribution in [0.1, 0.15) is 28.7 Å². The maximum absolute atomic E-state index is 13.8. The Kier molecular flexibility index (Phi) is 5.72. The average Bonchev–Trinajstić information content (AvgIpc) is 3.36. The summed E-state index contributed by atoms with van der Waals surface area (Å²) in [4.78, 5) is 21.7. The number of carbonyl (C=O) groups is 1. The minimum absolute atomic E-state index is 0.137. The molecule has 0 spiro atoms. The molecule has 0 saturated carbocycles. The fourth-order valence-corrected chi connectivity index (χ4v) is 4.06. The summed E-state index contributed by atoms with van der Waals surface area (Å²) in [5.41, 5.74) is 3.55. The zero-order valence-electron chi connectivity index (χ0n) is 16.7. The molecule has 1 amide bonds. The van der Waals surface area contributed by atoms with Gasteiger partial charge in [0.25, 0.3) is 0 Å². The van der Waals surface area contributed by atoms with Gasteiger partial charge in [0, 0.05) is 30.4 Å². The van der Waals surface area contributed by atoms with E-state index < -0.39 is 6.04 Å². The second kappa shape index (κ2) is 8.59. The highest BCUT2D eigenvalue weighted by Gasteiger charge is 2.22. The normalized spacial score (nSPS) is 12.0. The first kappa shape index (κ1) is 20.0. The molecule has 4 aromatic rings. The molecule has 0 bridgehead atoms. The van der Waals surface area contributed by atoms with Crippen LogP contribution in [0.4, 0.5) is 4.39 Å². The summed E-state index contributed by atoms with van der Waals surface area (Å²) >= 11 is 1.51. The minimum atomic E-state index is -0.552. The average molecular weight is 421 g/mol. The molecule has 0 saturated heterocycles. The van der Waals surface area contributed by atoms with Crippen molar-refractivity contribution in [2.45, 2.75) is 19.4 Å². The van der Waals surface area contributed by atoms with Gasteiger partial charge in [-0.15, -0.1) is 11.3 Å². The quantitative estimate of drug-likeness (QED) is 0.502. The van der Waals surface area contributed by atoms with E-state index in [9.17, 15) is 9.18 Å². The highest BCUT2D eigenvalue weighted by molar-refractivity contribution is 7.13. The van der Waals surface area contributed by atoms with E-state index >= 15 is 0 Å². The van der Waals surface area contributed by atoms with Gasteiger partial charge in [-0.25, -0.2) is 14.4 Å². The van der Waals surface area contributed by atoms with Gasteiger partial charge in [-0.2, -0.15) is 0 Å². The molecular formula is C23H21FN4OS. The monoisotopic (exact) mass is 420 g/mol. The second-order valence-electron chi connectivity index (χ2n) is 7.14. The Bertz CT molecular complexity index is 1170. The van der Waals surface area contributed by atoms with Crippen molar-refractivity contribution in [1.82, 2.24) is 19.9 Å². The van der Waals surface area contributed by atoms with Gasteiger partial charge in [0.15, 0.2) is 0 Å². The summed E-state index contributed by atoms with van der Waals surface area (Å²) in [6, 6.07) is 13.8. The predicted molar refractivity (Wildman–Crippen MR) is 116 cm³/mol. The van der Waals surface area contributed by atoms with E-state index in [0.29, 0.717) is 17.1 Å². The van der Waals surface area contributed by atoms with Crippen LogP contribution in [0, 0.1) is 12.7 Å². The molecule has 1 atom stereocenters. The highest BCUT2D eigenvalue weighted by Crippen LogP contribution is 2.25. The van der Waals surface area contributed by atoms with Crippen LogP contribution in [0.25, 0.3) is 10.6 Å². The summed E-state index contributed by atoms with van der Waals surface area (Å²) in [6.45, 7) is 2.04. The fourth-order valence-electron chi connectivity index (χ4n) is 3.23. The molecule has 2 aromatic carbocycles. The molecule has 0 aliphatic carbocycles. The molecule has 4 rings (SSSR count). The Balaban J connectivity index is 1.52. The van der Waals surface area contributed by atoms with E-state index in [0.717, 1.165) is 10.6 Å². The number of imidazole rings is 1. The molecule has 1 unspecified atom stereocenters. The highest BCUT2D eigenvalue weighted by atomic mass is 32.1. The summed E-state index contributed by atoms with van der Waals surface area (Å²) in [5, 5.41) is 5.76. The van der Waals surface area contributed by atoms with E-state index in [2.05, 4.69) is 15.3 Å². The molecule has 5 nitrogen and oxygen atoms in total. The lowest BCUT2D eigenvalue weighted by Gasteiger charge is -2.19. The number of thiazole rings is 1. The molecule has 0 aliphatic heterocycles. The van der Waals surface area contributed by atoms with Crippen molar-refractivity contribution >= 4 is 17.2 Å². The van der Waals surface area contributed by atoms with Gasteiger partial charge < -0.3 is 9.88 Å². The topological polar surface area (TPSA) is 59.8 Å². The van der Waals surface area contributed by atoms with Crippen molar-refractivity contribution in [3.8, 4) is 10.6 Å². The molecule has 0 fully saturated rings. The third-order valence-corrected chi connectivity index (χ3v) is 5.74. The molecule has 152 valence electrons. The first-order chi connectivity index (χ1) is 14.5. The Morgan fingerprint density at radius 1 is 1.23 bits per heavy atom. The number of hydrogen-bond acceptors (Lipinski definition) is 4. The van der Waals surface area contributed by atoms with Crippen LogP contribution in [-0.4, -0.2) is 20.4 Å². The van der Waals surface area contributed by atoms with Crippen molar-refractivity contribution in [3.63, 3.8) is 0 Å². The summed E-state index contributed by atoms with van der Waals surface area (Å²) in [5.74, 6) is 0.0730. The van der Waals surface area contributed by atoms with Crippen molar-refractivity contribution < 1.29 is 9.18 Å². The number of hydrogen-bond donors (Lipinski definition) is 1. The van der Waals surface area contributed by atoms with Gasteiger partial charge in [-0.3, -0.25) is 4.79 Å². The smallest absolute Gasteiger partial charge is 0.226 e. The lowest BCUT2D eigenvalue weighted by molar-refractivity contribution is -0.121. The molecule has 7 heteroatoms. The Morgan fingerprint density at radius 3 is 2.73 bits per heavy atom. The first-order valence-corrected chi connectivity index (χ1v) is 10.4. The van der Waals surface area contributed by atoms with Crippen LogP contribution in [0.5, 0.6) is 0 Å². The number of benzene rings is 2. The number of nitrogens with zero attached hydrogens (tertiary/aromatic N) is 3. The minimum Gasteiger partial charge on any atom is -0.342 e. The number of amides is 1. The summed E-state index contributed by atoms with van der Waals surface area (Å²) in [6.07, 6.45) is 3.59. The lowest BCUT2D eigenvalue weighted by Crippen LogP contribution is -2.32. The summed E-state index contributed by atoms with van der Waals surface area (Å²) < 4.78 is 15.6. The van der Waals surface area contributed by atoms with Gasteiger partial charge in [0.1, 0.15) is 22.7 Å². The number of aryl methyl sites for hydroxylation is 2. The SMILES string of the molecule is Cc1ccc(-c2nc(CC(=O)NC(c3cccc(F)c3)c3nccn3C)cs2)cc1. The van der Waals surface area contributed by atoms with Crippen LogP contribution < -0.4 is 5.32 Å². The molecule has 30 heavy (non-hydrogen) atoms. The van der Waals surface area contributed by atoms with Crippen molar-refractivity contribution in [1.29, 1.82) is 0 Å². The van der Waals surface area contributed by atoms with Crippen LogP contribution in [0.3, 0.4) is 0 Å². The third kappa shape index (κ3) is 4.46. The van der Waals surface area contributed by atoms with Gasteiger partial charge in [0.2, 0.25) is 5.91 Å². The number of carbonyl (C=O) groups excluding carboxylic acids is 1. The number of aromatic nitrogens is 3. The molecule has 1 N–H and O–H groups in total. The molecule has 0 radical (unpaired) electrons. The van der Waals surface area contributed by atoms with Crippen LogP contribution in [-0.2, 0) is 18.3 Å². The Morgan fingerprint density at radius 2 is 2.03 bits per heavy atom. The van der Waals surface area contributed by atoms with Crippen LogP contribution in [0.2, 0.25) is 0 Å². The zero-order chi connectivity index (χ0) is 21.1. The van der Waals surface area contributed by atoms with E-state index in [4.69, 9.17) is 0 Å². The third-order valence-electron chi connectivity index (χ3n) is 4.80. The number of rotatable bonds is 6. The van der Waals surface area contributed by atoms with Crippen molar-refractivity contribution in [2.75, 3.05) is 0 Å². The van der Waals surface area contributed by atoms with E-state index in [1.54, 1.807) is 24.5 Å². The predicted octanol–water partition coefficient (Wildman–Crippen LogP) is 4.44. The van der Waals surface area contributed by atoms with Crippen molar-refractivity contribution in [3.05, 3.63) is 94.8 Å². The molecule has 0 aliphatic rings. The van der Waals surface area contributed by atoms with Crippen LogP contribution in [0.15, 0.2) is 66.3 Å². The van der Waals surface area contributed by atoms with E-state index in [-0.39, 0.29) is 18.1 Å². The van der Waals surface area contributed by atoms with Gasteiger partial charge in [-0.05, 0) is 24.6 Å². The fraction of sp³-hybridized carbons (Fsp3) is 0.174. The summed E-state index contributed by atoms with van der Waals surface area (Å²) in [7, 11) is 1.84. The molecule has 2 aromatic heterocycles. The lowest BCUT2D eigenvalue weighted by atomic mass is 10.1. The van der Waals surface area contributed by atoms with E-state index in [1.807, 2.05) is 48.2 Å². The zero-order valence-corrected chi connectivity index (χ0v) is 17.5. The second-order valence-corrected chi connectivity index (χ2v) is 8.00.